The molecular formula is C44H27NOS. The minimum atomic E-state index is 0.883. The zero-order valence-corrected chi connectivity index (χ0v) is 26.2. The molecule has 0 saturated heterocycles. The van der Waals surface area contributed by atoms with Crippen molar-refractivity contribution in [3.05, 3.63) is 164 Å². The summed E-state index contributed by atoms with van der Waals surface area (Å²) in [6.07, 6.45) is 0. The molecule has 0 amide bonds. The number of thiophene rings is 1. The third kappa shape index (κ3) is 4.04. The number of benzene rings is 8. The van der Waals surface area contributed by atoms with Gasteiger partial charge < -0.3 is 9.32 Å². The second-order valence-corrected chi connectivity index (χ2v) is 13.2. The predicted octanol–water partition coefficient (Wildman–Crippen LogP) is 13.4. The number of rotatable bonds is 4. The standard InChI is InChI=1S/C44H27NOS/c1-3-13-32-28(10-1)12-7-16-33(32)30-22-25-31(26-23-30)45(38-18-9-21-41-43(38)35-15-5-6-20-40(35)47-41)37-17-8-19-39-42(37)36-27-24-29-11-2-4-14-34(29)44(36)46-39/h1-27H. The third-order valence-electron chi connectivity index (χ3n) is 9.45. The first-order valence-corrected chi connectivity index (χ1v) is 16.7. The molecule has 47 heavy (non-hydrogen) atoms. The largest absolute Gasteiger partial charge is 0.455 e. The van der Waals surface area contributed by atoms with E-state index >= 15 is 0 Å². The maximum atomic E-state index is 6.66. The Balaban J connectivity index is 1.25. The van der Waals surface area contributed by atoms with Crippen LogP contribution in [0.4, 0.5) is 17.1 Å². The molecule has 0 aliphatic rings. The van der Waals surface area contributed by atoms with E-state index in [1.165, 1.54) is 47.5 Å². The molecule has 0 radical (unpaired) electrons. The summed E-state index contributed by atoms with van der Waals surface area (Å²) in [4.78, 5) is 2.43. The zero-order valence-electron chi connectivity index (χ0n) is 25.4. The van der Waals surface area contributed by atoms with Crippen LogP contribution in [0.1, 0.15) is 0 Å². The van der Waals surface area contributed by atoms with E-state index in [4.69, 9.17) is 4.42 Å². The Bertz CT molecular complexity index is 2800. The van der Waals surface area contributed by atoms with Crippen molar-refractivity contribution < 1.29 is 4.42 Å². The summed E-state index contributed by atoms with van der Waals surface area (Å²) >= 11 is 1.85. The fourth-order valence-electron chi connectivity index (χ4n) is 7.34. The molecule has 0 unspecified atom stereocenters. The van der Waals surface area contributed by atoms with Crippen molar-refractivity contribution in [1.82, 2.24) is 0 Å². The maximum Gasteiger partial charge on any atom is 0.143 e. The van der Waals surface area contributed by atoms with Gasteiger partial charge in [0.15, 0.2) is 0 Å². The molecule has 0 atom stereocenters. The predicted molar refractivity (Wildman–Crippen MR) is 202 cm³/mol. The highest BCUT2D eigenvalue weighted by atomic mass is 32.1. The highest BCUT2D eigenvalue weighted by molar-refractivity contribution is 7.26. The number of furan rings is 1. The van der Waals surface area contributed by atoms with Crippen LogP contribution in [0.5, 0.6) is 0 Å². The van der Waals surface area contributed by atoms with Crippen LogP contribution in [0.3, 0.4) is 0 Å². The molecule has 0 bridgehead atoms. The molecule has 3 heteroatoms. The van der Waals surface area contributed by atoms with Gasteiger partial charge in [-0.15, -0.1) is 11.3 Å². The zero-order chi connectivity index (χ0) is 30.9. The Morgan fingerprint density at radius 2 is 1.06 bits per heavy atom. The average molecular weight is 618 g/mol. The molecule has 220 valence electrons. The van der Waals surface area contributed by atoms with Crippen molar-refractivity contribution in [3.63, 3.8) is 0 Å². The van der Waals surface area contributed by atoms with Crippen molar-refractivity contribution >= 4 is 92.1 Å². The van der Waals surface area contributed by atoms with Gasteiger partial charge >= 0.3 is 0 Å². The Hall–Kier alpha value is -5.90. The molecule has 0 N–H and O–H groups in total. The van der Waals surface area contributed by atoms with Crippen molar-refractivity contribution in [1.29, 1.82) is 0 Å². The van der Waals surface area contributed by atoms with Gasteiger partial charge in [0.2, 0.25) is 0 Å². The van der Waals surface area contributed by atoms with Gasteiger partial charge in [0.25, 0.3) is 0 Å². The summed E-state index contributed by atoms with van der Waals surface area (Å²) in [5.74, 6) is 0. The Morgan fingerprint density at radius 3 is 1.91 bits per heavy atom. The molecular weight excluding hydrogens is 591 g/mol. The van der Waals surface area contributed by atoms with Crippen molar-refractivity contribution in [3.8, 4) is 11.1 Å². The van der Waals surface area contributed by atoms with Gasteiger partial charge in [0.1, 0.15) is 11.2 Å². The highest BCUT2D eigenvalue weighted by Gasteiger charge is 2.23. The maximum absolute atomic E-state index is 6.66. The topological polar surface area (TPSA) is 16.4 Å². The minimum absolute atomic E-state index is 0.883. The quantitative estimate of drug-likeness (QED) is 0.195. The van der Waals surface area contributed by atoms with E-state index in [2.05, 4.69) is 169 Å². The number of anilines is 3. The van der Waals surface area contributed by atoms with Crippen molar-refractivity contribution in [2.75, 3.05) is 4.90 Å². The molecule has 2 aromatic heterocycles. The van der Waals surface area contributed by atoms with E-state index in [0.717, 1.165) is 44.4 Å². The van der Waals surface area contributed by atoms with E-state index in [1.807, 2.05) is 11.3 Å². The van der Waals surface area contributed by atoms with Crippen LogP contribution < -0.4 is 4.90 Å². The third-order valence-corrected chi connectivity index (χ3v) is 10.6. The monoisotopic (exact) mass is 617 g/mol. The number of hydrogen-bond donors (Lipinski definition) is 0. The molecule has 2 nitrogen and oxygen atoms in total. The van der Waals surface area contributed by atoms with Crippen LogP contribution in [0.25, 0.3) is 74.8 Å². The highest BCUT2D eigenvalue weighted by Crippen LogP contribution is 2.48. The number of fused-ring (bicyclic) bond motifs is 9. The normalized spacial score (nSPS) is 11.8. The second-order valence-electron chi connectivity index (χ2n) is 12.1. The molecule has 0 aliphatic heterocycles. The number of nitrogens with zero attached hydrogens (tertiary/aromatic N) is 1. The van der Waals surface area contributed by atoms with Gasteiger partial charge in [0, 0.05) is 36.6 Å². The van der Waals surface area contributed by atoms with Crippen molar-refractivity contribution in [2.45, 2.75) is 0 Å². The molecule has 2 heterocycles. The van der Waals surface area contributed by atoms with Crippen LogP contribution in [0, 0.1) is 0 Å². The molecule has 8 aromatic carbocycles. The molecule has 10 rings (SSSR count). The van der Waals surface area contributed by atoms with E-state index in [0.29, 0.717) is 0 Å². The van der Waals surface area contributed by atoms with Gasteiger partial charge in [0.05, 0.1) is 16.8 Å². The Labute approximate surface area is 275 Å². The Kier molecular flexibility index (Phi) is 5.78. The second kappa shape index (κ2) is 10.3. The fourth-order valence-corrected chi connectivity index (χ4v) is 8.47. The summed E-state index contributed by atoms with van der Waals surface area (Å²) in [6.45, 7) is 0. The lowest BCUT2D eigenvalue weighted by Gasteiger charge is -2.27. The van der Waals surface area contributed by atoms with E-state index in [9.17, 15) is 0 Å². The van der Waals surface area contributed by atoms with E-state index in [-0.39, 0.29) is 0 Å². The first-order valence-electron chi connectivity index (χ1n) is 15.9. The first-order chi connectivity index (χ1) is 23.3. The average Bonchev–Trinajstić information content (AvgIpc) is 3.72. The minimum Gasteiger partial charge on any atom is -0.455 e. The van der Waals surface area contributed by atoms with Gasteiger partial charge in [-0.1, -0.05) is 115 Å². The first kappa shape index (κ1) is 26.3. The van der Waals surface area contributed by atoms with Crippen LogP contribution >= 0.6 is 11.3 Å². The van der Waals surface area contributed by atoms with Gasteiger partial charge in [-0.05, 0) is 75.8 Å². The van der Waals surface area contributed by atoms with Gasteiger partial charge in [-0.3, -0.25) is 0 Å². The van der Waals surface area contributed by atoms with Crippen LogP contribution in [0.2, 0.25) is 0 Å². The molecule has 10 aromatic rings. The molecule has 0 saturated carbocycles. The summed E-state index contributed by atoms with van der Waals surface area (Å²) in [7, 11) is 0. The summed E-state index contributed by atoms with van der Waals surface area (Å²) < 4.78 is 9.23. The smallest absolute Gasteiger partial charge is 0.143 e. The molecule has 0 aliphatic carbocycles. The van der Waals surface area contributed by atoms with Crippen molar-refractivity contribution in [2.24, 2.45) is 0 Å². The molecule has 0 fully saturated rings. The van der Waals surface area contributed by atoms with E-state index in [1.54, 1.807) is 0 Å². The van der Waals surface area contributed by atoms with Crippen LogP contribution in [-0.2, 0) is 0 Å². The van der Waals surface area contributed by atoms with Crippen LogP contribution in [0.15, 0.2) is 168 Å². The van der Waals surface area contributed by atoms with Gasteiger partial charge in [-0.2, -0.15) is 0 Å². The Morgan fingerprint density at radius 1 is 0.426 bits per heavy atom. The van der Waals surface area contributed by atoms with E-state index < -0.39 is 0 Å². The summed E-state index contributed by atoms with van der Waals surface area (Å²) in [6, 6.07) is 59.0. The lowest BCUT2D eigenvalue weighted by atomic mass is 9.98. The fraction of sp³-hybridized carbons (Fsp3) is 0. The lowest BCUT2D eigenvalue weighted by molar-refractivity contribution is 0.672. The molecule has 0 spiro atoms. The van der Waals surface area contributed by atoms with Crippen LogP contribution in [-0.4, -0.2) is 0 Å². The summed E-state index contributed by atoms with van der Waals surface area (Å²) in [5.41, 5.74) is 7.59. The van der Waals surface area contributed by atoms with Gasteiger partial charge in [-0.25, -0.2) is 0 Å². The summed E-state index contributed by atoms with van der Waals surface area (Å²) in [5, 5.41) is 9.59. The lowest BCUT2D eigenvalue weighted by Crippen LogP contribution is -2.10. The SMILES string of the molecule is c1ccc2c(-c3ccc(N(c4cccc5oc6c7ccccc7ccc6c45)c4cccc5sc6ccccc6c45)cc3)cccc2c1. The number of hydrogen-bond acceptors (Lipinski definition) is 3.